The number of nitrogens with zero attached hydrogens (tertiary/aromatic N) is 2. The van der Waals surface area contributed by atoms with Crippen LogP contribution in [-0.4, -0.2) is 42.1 Å². The van der Waals surface area contributed by atoms with Crippen molar-refractivity contribution >= 4 is 5.84 Å². The molecule has 0 aromatic rings. The molecule has 0 aromatic carbocycles. The van der Waals surface area contributed by atoms with Crippen molar-refractivity contribution in [3.63, 3.8) is 0 Å². The summed E-state index contributed by atoms with van der Waals surface area (Å²) < 4.78 is 0. The van der Waals surface area contributed by atoms with Crippen molar-refractivity contribution in [2.24, 2.45) is 10.9 Å². The molecule has 13 heavy (non-hydrogen) atoms. The van der Waals surface area contributed by atoms with Crippen molar-refractivity contribution in [1.29, 1.82) is 0 Å². The van der Waals surface area contributed by atoms with Crippen molar-refractivity contribution in [2.45, 2.75) is 25.7 Å². The highest BCUT2D eigenvalue weighted by atomic mass is 16.3. The zero-order chi connectivity index (χ0) is 9.10. The molecule has 1 atom stereocenters. The van der Waals surface area contributed by atoms with Gasteiger partial charge in [0.25, 0.3) is 0 Å². The average molecular weight is 182 g/mol. The second-order valence-corrected chi connectivity index (χ2v) is 3.93. The zero-order valence-corrected chi connectivity index (χ0v) is 8.08. The van der Waals surface area contributed by atoms with Crippen molar-refractivity contribution in [2.75, 3.05) is 26.2 Å². The highest BCUT2D eigenvalue weighted by molar-refractivity contribution is 5.85. The van der Waals surface area contributed by atoms with E-state index in [1.807, 2.05) is 0 Å². The van der Waals surface area contributed by atoms with E-state index in [2.05, 4.69) is 9.89 Å². The Kier molecular flexibility index (Phi) is 2.83. The molecule has 0 bridgehead atoms. The molecule has 2 heterocycles. The van der Waals surface area contributed by atoms with Crippen LogP contribution in [0.5, 0.6) is 0 Å². The molecule has 2 aliphatic heterocycles. The Morgan fingerprint density at radius 2 is 2.23 bits per heavy atom. The first kappa shape index (κ1) is 9.00. The Morgan fingerprint density at radius 1 is 1.38 bits per heavy atom. The molecule has 0 radical (unpaired) electrons. The Labute approximate surface area is 79.5 Å². The van der Waals surface area contributed by atoms with Gasteiger partial charge in [0, 0.05) is 32.2 Å². The SMILES string of the molecule is OCCC1CCCN2CCCN=C12. The molecular formula is C10H18N2O. The molecule has 2 rings (SSSR count). The third kappa shape index (κ3) is 1.85. The van der Waals surface area contributed by atoms with Gasteiger partial charge in [-0.15, -0.1) is 0 Å². The van der Waals surface area contributed by atoms with Crippen LogP contribution >= 0.6 is 0 Å². The summed E-state index contributed by atoms with van der Waals surface area (Å²) >= 11 is 0. The lowest BCUT2D eigenvalue weighted by Crippen LogP contribution is -2.44. The second-order valence-electron chi connectivity index (χ2n) is 3.93. The van der Waals surface area contributed by atoms with E-state index >= 15 is 0 Å². The number of fused-ring (bicyclic) bond motifs is 1. The first-order valence-corrected chi connectivity index (χ1v) is 5.32. The van der Waals surface area contributed by atoms with Crippen LogP contribution in [0.4, 0.5) is 0 Å². The Morgan fingerprint density at radius 3 is 3.08 bits per heavy atom. The van der Waals surface area contributed by atoms with Crippen molar-refractivity contribution in [3.05, 3.63) is 0 Å². The number of rotatable bonds is 2. The van der Waals surface area contributed by atoms with Gasteiger partial charge in [0.05, 0.1) is 0 Å². The van der Waals surface area contributed by atoms with Gasteiger partial charge in [-0.2, -0.15) is 0 Å². The summed E-state index contributed by atoms with van der Waals surface area (Å²) in [5.74, 6) is 1.82. The summed E-state index contributed by atoms with van der Waals surface area (Å²) in [7, 11) is 0. The van der Waals surface area contributed by atoms with Crippen LogP contribution in [0.3, 0.4) is 0 Å². The Hall–Kier alpha value is -0.570. The molecule has 0 aliphatic carbocycles. The fourth-order valence-corrected chi connectivity index (χ4v) is 2.37. The van der Waals surface area contributed by atoms with Gasteiger partial charge in [-0.3, -0.25) is 4.99 Å². The molecule has 1 saturated heterocycles. The summed E-state index contributed by atoms with van der Waals surface area (Å²) in [4.78, 5) is 6.99. The smallest absolute Gasteiger partial charge is 0.102 e. The maximum absolute atomic E-state index is 8.94. The number of piperidine rings is 1. The molecular weight excluding hydrogens is 164 g/mol. The normalized spacial score (nSPS) is 28.2. The van der Waals surface area contributed by atoms with Crippen molar-refractivity contribution in [3.8, 4) is 0 Å². The lowest BCUT2D eigenvalue weighted by molar-refractivity contribution is 0.242. The van der Waals surface area contributed by atoms with Crippen LogP contribution < -0.4 is 0 Å². The fourth-order valence-electron chi connectivity index (χ4n) is 2.37. The Bertz CT molecular complexity index is 201. The van der Waals surface area contributed by atoms with Crippen LogP contribution in [0.1, 0.15) is 25.7 Å². The summed E-state index contributed by atoms with van der Waals surface area (Å²) in [6, 6.07) is 0. The largest absolute Gasteiger partial charge is 0.396 e. The third-order valence-corrected chi connectivity index (χ3v) is 3.01. The third-order valence-electron chi connectivity index (χ3n) is 3.01. The van der Waals surface area contributed by atoms with Gasteiger partial charge in [-0.25, -0.2) is 0 Å². The number of aliphatic hydroxyl groups is 1. The minimum Gasteiger partial charge on any atom is -0.396 e. The van der Waals surface area contributed by atoms with Crippen LogP contribution in [0.2, 0.25) is 0 Å². The molecule has 0 amide bonds. The Balaban J connectivity index is 2.05. The van der Waals surface area contributed by atoms with Gasteiger partial charge in [-0.1, -0.05) is 0 Å². The molecule has 2 aliphatic rings. The number of aliphatic imine (C=N–C) groups is 1. The number of hydrogen-bond donors (Lipinski definition) is 1. The van der Waals surface area contributed by atoms with E-state index in [-0.39, 0.29) is 0 Å². The van der Waals surface area contributed by atoms with E-state index in [9.17, 15) is 0 Å². The van der Waals surface area contributed by atoms with Gasteiger partial charge < -0.3 is 10.0 Å². The molecule has 0 aromatic heterocycles. The quantitative estimate of drug-likeness (QED) is 0.688. The summed E-state index contributed by atoms with van der Waals surface area (Å²) in [6.07, 6.45) is 4.59. The molecule has 0 spiro atoms. The first-order chi connectivity index (χ1) is 6.42. The molecule has 3 heteroatoms. The predicted octanol–water partition coefficient (Wildman–Crippen LogP) is 0.883. The van der Waals surface area contributed by atoms with Crippen LogP contribution in [-0.2, 0) is 0 Å². The number of aliphatic hydroxyl groups excluding tert-OH is 1. The van der Waals surface area contributed by atoms with E-state index in [4.69, 9.17) is 5.11 Å². The standard InChI is InChI=1S/C10H18N2O/c13-8-4-9-3-1-6-12-7-2-5-11-10(9)12/h9,13H,1-8H2. The van der Waals surface area contributed by atoms with Gasteiger partial charge in [-0.05, 0) is 25.7 Å². The second kappa shape index (κ2) is 4.09. The van der Waals surface area contributed by atoms with Crippen LogP contribution in [0, 0.1) is 5.92 Å². The van der Waals surface area contributed by atoms with E-state index < -0.39 is 0 Å². The maximum Gasteiger partial charge on any atom is 0.102 e. The van der Waals surface area contributed by atoms with Gasteiger partial charge in [0.2, 0.25) is 0 Å². The number of amidine groups is 1. The summed E-state index contributed by atoms with van der Waals surface area (Å²) in [5.41, 5.74) is 0. The molecule has 3 nitrogen and oxygen atoms in total. The lowest BCUT2D eigenvalue weighted by Gasteiger charge is -2.38. The monoisotopic (exact) mass is 182 g/mol. The van der Waals surface area contributed by atoms with Gasteiger partial charge >= 0.3 is 0 Å². The van der Waals surface area contributed by atoms with E-state index in [1.165, 1.54) is 38.2 Å². The van der Waals surface area contributed by atoms with Crippen molar-refractivity contribution < 1.29 is 5.11 Å². The highest BCUT2D eigenvalue weighted by Crippen LogP contribution is 2.24. The van der Waals surface area contributed by atoms with E-state index in [1.54, 1.807) is 0 Å². The van der Waals surface area contributed by atoms with Gasteiger partial charge in [0.1, 0.15) is 5.84 Å². The molecule has 1 N–H and O–H groups in total. The molecule has 0 saturated carbocycles. The fraction of sp³-hybridized carbons (Fsp3) is 0.900. The predicted molar refractivity (Wildman–Crippen MR) is 52.9 cm³/mol. The minimum atomic E-state index is 0.303. The molecule has 1 unspecified atom stereocenters. The highest BCUT2D eigenvalue weighted by Gasteiger charge is 2.27. The average Bonchev–Trinajstić information content (AvgIpc) is 2.19. The van der Waals surface area contributed by atoms with E-state index in [0.29, 0.717) is 12.5 Å². The van der Waals surface area contributed by atoms with E-state index in [0.717, 1.165) is 13.0 Å². The van der Waals surface area contributed by atoms with Crippen molar-refractivity contribution in [1.82, 2.24) is 4.90 Å². The summed E-state index contributed by atoms with van der Waals surface area (Å²) in [5, 5.41) is 8.94. The lowest BCUT2D eigenvalue weighted by atomic mass is 9.92. The van der Waals surface area contributed by atoms with Crippen LogP contribution in [0.15, 0.2) is 4.99 Å². The maximum atomic E-state index is 8.94. The first-order valence-electron chi connectivity index (χ1n) is 5.32. The topological polar surface area (TPSA) is 35.8 Å². The number of hydrogen-bond acceptors (Lipinski definition) is 3. The minimum absolute atomic E-state index is 0.303. The molecule has 74 valence electrons. The van der Waals surface area contributed by atoms with Gasteiger partial charge in [0.15, 0.2) is 0 Å². The zero-order valence-electron chi connectivity index (χ0n) is 8.08. The van der Waals surface area contributed by atoms with Crippen LogP contribution in [0.25, 0.3) is 0 Å². The summed E-state index contributed by atoms with van der Waals surface area (Å²) in [6.45, 7) is 3.66. The molecule has 1 fully saturated rings.